The van der Waals surface area contributed by atoms with Crippen LogP contribution < -0.4 is 11.1 Å². The van der Waals surface area contributed by atoms with Gasteiger partial charge < -0.3 is 15.8 Å². The monoisotopic (exact) mass is 417 g/mol. The van der Waals surface area contributed by atoms with Crippen molar-refractivity contribution in [3.8, 4) is 0 Å². The first-order valence-corrected chi connectivity index (χ1v) is 9.14. The highest BCUT2D eigenvalue weighted by Crippen LogP contribution is 2.31. The lowest BCUT2D eigenvalue weighted by atomic mass is 10.1. The second-order valence-electron chi connectivity index (χ2n) is 5.63. The number of amides is 1. The van der Waals surface area contributed by atoms with Gasteiger partial charge in [-0.2, -0.15) is 0 Å². The number of hydrogen-bond acceptors (Lipinski definition) is 6. The number of nitrogens with zero attached hydrogens (tertiary/aromatic N) is 3. The van der Waals surface area contributed by atoms with Crippen LogP contribution in [0.1, 0.15) is 41.3 Å². The molecule has 1 amide bonds. The van der Waals surface area contributed by atoms with Crippen molar-refractivity contribution >= 4 is 34.6 Å². The zero-order valence-electron chi connectivity index (χ0n) is 16.1. The van der Waals surface area contributed by atoms with Crippen molar-refractivity contribution in [3.63, 3.8) is 0 Å². The number of halogens is 2. The van der Waals surface area contributed by atoms with Gasteiger partial charge in [-0.05, 0) is 12.1 Å². The quantitative estimate of drug-likeness (QED) is 0.675. The summed E-state index contributed by atoms with van der Waals surface area (Å²) in [7, 11) is 0. The van der Waals surface area contributed by atoms with Crippen LogP contribution in [0.4, 0.5) is 15.9 Å². The molecule has 0 atom stereocenters. The molecule has 0 aromatic carbocycles. The number of pyridine rings is 1. The molecule has 3 rings (SSSR count). The van der Waals surface area contributed by atoms with E-state index in [0.29, 0.717) is 22.8 Å². The van der Waals surface area contributed by atoms with Gasteiger partial charge >= 0.3 is 0 Å². The number of carbonyl (C=O) groups excluding carboxylic acids is 1. The van der Waals surface area contributed by atoms with Crippen molar-refractivity contribution in [1.29, 1.82) is 0 Å². The maximum absolute atomic E-state index is 13.9. The highest BCUT2D eigenvalue weighted by molar-refractivity contribution is 6.31. The summed E-state index contributed by atoms with van der Waals surface area (Å²) in [4.78, 5) is 24.2. The van der Waals surface area contributed by atoms with Crippen LogP contribution >= 0.6 is 11.6 Å². The summed E-state index contributed by atoms with van der Waals surface area (Å²) in [6, 6.07) is 1.58. The number of allylic oxidation sites excluding steroid dienone is 4. The van der Waals surface area contributed by atoms with E-state index >= 15 is 0 Å². The Kier molecular flexibility index (Phi) is 7.58. The standard InChI is InChI=1S/C18H15ClFN5O2.C2H6/c1-9(19)5-11(10(2)20)17-24-15-8-27-7-13(15)18(25-17)23-14-3-4-22-6-12(14)16(21)26;1-2/h3-6H,1-2,7-8H2,(H2,21,26)(H,22,23,24,25);1-2H3/b11-5+;. The van der Waals surface area contributed by atoms with Gasteiger partial charge in [-0.25, -0.2) is 14.4 Å². The SMILES string of the molecule is C=C(Cl)/C=C(\C(=C)F)c1nc2c(c(Nc3ccncc3C(N)=O)n1)COC2.CC. The Bertz CT molecular complexity index is 991. The minimum absolute atomic E-state index is 0.00222. The zero-order chi connectivity index (χ0) is 21.6. The van der Waals surface area contributed by atoms with Gasteiger partial charge in [-0.1, -0.05) is 38.6 Å². The van der Waals surface area contributed by atoms with E-state index in [-0.39, 0.29) is 35.2 Å². The van der Waals surface area contributed by atoms with Gasteiger partial charge in [0.1, 0.15) is 11.6 Å². The van der Waals surface area contributed by atoms with Gasteiger partial charge in [0.05, 0.1) is 35.7 Å². The summed E-state index contributed by atoms with van der Waals surface area (Å²) in [6.45, 7) is 11.3. The Labute approximate surface area is 173 Å². The zero-order valence-corrected chi connectivity index (χ0v) is 16.9. The molecular weight excluding hydrogens is 397 g/mol. The third kappa shape index (κ3) is 5.24. The number of nitrogens with two attached hydrogens (primary N) is 1. The summed E-state index contributed by atoms with van der Waals surface area (Å²) in [5.41, 5.74) is 7.25. The van der Waals surface area contributed by atoms with Crippen LogP contribution in [0, 0.1) is 0 Å². The first kappa shape index (κ1) is 22.2. The van der Waals surface area contributed by atoms with Crippen molar-refractivity contribution in [2.75, 3.05) is 5.32 Å². The summed E-state index contributed by atoms with van der Waals surface area (Å²) in [5.74, 6) is -0.994. The molecule has 1 aliphatic rings. The average molecular weight is 418 g/mol. The molecule has 29 heavy (non-hydrogen) atoms. The Morgan fingerprint density at radius 2 is 2.07 bits per heavy atom. The van der Waals surface area contributed by atoms with Gasteiger partial charge in [0.2, 0.25) is 0 Å². The normalized spacial score (nSPS) is 12.5. The lowest BCUT2D eigenvalue weighted by Crippen LogP contribution is -2.14. The van der Waals surface area contributed by atoms with E-state index in [1.54, 1.807) is 6.07 Å². The predicted octanol–water partition coefficient (Wildman–Crippen LogP) is 4.39. The van der Waals surface area contributed by atoms with Gasteiger partial charge in [0.15, 0.2) is 5.82 Å². The fraction of sp³-hybridized carbons (Fsp3) is 0.200. The van der Waals surface area contributed by atoms with Crippen molar-refractivity contribution < 1.29 is 13.9 Å². The molecule has 0 saturated heterocycles. The van der Waals surface area contributed by atoms with Crippen molar-refractivity contribution in [3.05, 3.63) is 71.2 Å². The third-order valence-electron chi connectivity index (χ3n) is 3.75. The van der Waals surface area contributed by atoms with Crippen LogP contribution in [-0.4, -0.2) is 20.9 Å². The molecule has 3 heterocycles. The molecule has 0 unspecified atom stereocenters. The lowest BCUT2D eigenvalue weighted by Gasteiger charge is -2.14. The van der Waals surface area contributed by atoms with E-state index in [2.05, 4.69) is 33.4 Å². The Morgan fingerprint density at radius 3 is 2.69 bits per heavy atom. The summed E-state index contributed by atoms with van der Waals surface area (Å²) in [6.07, 6.45) is 4.13. The molecule has 3 N–H and O–H groups in total. The molecule has 0 bridgehead atoms. The number of rotatable bonds is 6. The van der Waals surface area contributed by atoms with Gasteiger partial charge in [0, 0.05) is 23.0 Å². The van der Waals surface area contributed by atoms with Gasteiger partial charge in [0.25, 0.3) is 5.91 Å². The van der Waals surface area contributed by atoms with Crippen molar-refractivity contribution in [2.45, 2.75) is 27.1 Å². The predicted molar refractivity (Wildman–Crippen MR) is 111 cm³/mol. The van der Waals surface area contributed by atoms with Crippen LogP contribution in [0.5, 0.6) is 0 Å². The average Bonchev–Trinajstić information content (AvgIpc) is 3.16. The maximum Gasteiger partial charge on any atom is 0.252 e. The Morgan fingerprint density at radius 1 is 1.34 bits per heavy atom. The van der Waals surface area contributed by atoms with Crippen LogP contribution in [0.25, 0.3) is 5.57 Å². The molecule has 2 aromatic heterocycles. The minimum atomic E-state index is -0.761. The van der Waals surface area contributed by atoms with E-state index in [4.69, 9.17) is 22.1 Å². The van der Waals surface area contributed by atoms with Crippen LogP contribution in [0.2, 0.25) is 0 Å². The largest absolute Gasteiger partial charge is 0.370 e. The van der Waals surface area contributed by atoms with Crippen molar-refractivity contribution in [1.82, 2.24) is 15.0 Å². The molecule has 0 radical (unpaired) electrons. The number of carbonyl (C=O) groups is 1. The maximum atomic E-state index is 13.9. The van der Waals surface area contributed by atoms with E-state index in [0.717, 1.165) is 0 Å². The fourth-order valence-electron chi connectivity index (χ4n) is 2.52. The van der Waals surface area contributed by atoms with Crippen molar-refractivity contribution in [2.24, 2.45) is 5.73 Å². The highest BCUT2D eigenvalue weighted by Gasteiger charge is 2.23. The molecule has 0 fully saturated rings. The number of nitrogens with one attached hydrogen (secondary N) is 1. The molecule has 0 saturated carbocycles. The van der Waals surface area contributed by atoms with Gasteiger partial charge in [-0.15, -0.1) is 0 Å². The number of anilines is 2. The second-order valence-corrected chi connectivity index (χ2v) is 6.12. The number of aromatic nitrogens is 3. The summed E-state index contributed by atoms with van der Waals surface area (Å²) in [5, 5.41) is 3.14. The first-order valence-electron chi connectivity index (χ1n) is 8.76. The van der Waals surface area contributed by atoms with Crippen LogP contribution in [-0.2, 0) is 18.0 Å². The summed E-state index contributed by atoms with van der Waals surface area (Å²) >= 11 is 5.78. The molecule has 0 aliphatic carbocycles. The molecule has 9 heteroatoms. The van der Waals surface area contributed by atoms with E-state index in [1.165, 1.54) is 18.5 Å². The molecule has 2 aromatic rings. The fourth-order valence-corrected chi connectivity index (χ4v) is 2.63. The van der Waals surface area contributed by atoms with Crippen LogP contribution in [0.3, 0.4) is 0 Å². The molecule has 1 aliphatic heterocycles. The van der Waals surface area contributed by atoms with E-state index in [1.807, 2.05) is 13.8 Å². The molecule has 7 nitrogen and oxygen atoms in total. The molecule has 0 spiro atoms. The lowest BCUT2D eigenvalue weighted by molar-refractivity contribution is 0.100. The smallest absolute Gasteiger partial charge is 0.252 e. The number of fused-ring (bicyclic) bond motifs is 1. The topological polar surface area (TPSA) is 103 Å². The number of ether oxygens (including phenoxy) is 1. The Hall–Kier alpha value is -3.10. The number of hydrogen-bond donors (Lipinski definition) is 2. The van der Waals surface area contributed by atoms with E-state index < -0.39 is 11.7 Å². The minimum Gasteiger partial charge on any atom is -0.370 e. The van der Waals surface area contributed by atoms with Crippen LogP contribution in [0.15, 0.2) is 48.6 Å². The first-order chi connectivity index (χ1) is 13.9. The Balaban J connectivity index is 0.00000145. The van der Waals surface area contributed by atoms with E-state index in [9.17, 15) is 9.18 Å². The molecular formula is C20H21ClFN5O2. The second kappa shape index (κ2) is 9.90. The highest BCUT2D eigenvalue weighted by atomic mass is 35.5. The van der Waals surface area contributed by atoms with Gasteiger partial charge in [-0.3, -0.25) is 9.78 Å². The summed E-state index contributed by atoms with van der Waals surface area (Å²) < 4.78 is 19.4. The third-order valence-corrected chi connectivity index (χ3v) is 3.86. The number of primary amides is 1. The molecule has 152 valence electrons.